The van der Waals surface area contributed by atoms with Gasteiger partial charge in [-0.1, -0.05) is 22.9 Å². The van der Waals surface area contributed by atoms with Crippen molar-refractivity contribution in [2.45, 2.75) is 36.6 Å². The second-order valence-electron chi connectivity index (χ2n) is 4.42. The number of hydrogen-bond donors (Lipinski definition) is 2. The van der Waals surface area contributed by atoms with E-state index < -0.39 is 12.1 Å². The lowest BCUT2D eigenvalue weighted by molar-refractivity contribution is 0.146. The van der Waals surface area contributed by atoms with Crippen LogP contribution in [0.25, 0.3) is 0 Å². The van der Waals surface area contributed by atoms with E-state index >= 15 is 0 Å². The van der Waals surface area contributed by atoms with E-state index in [4.69, 9.17) is 10.3 Å². The molecule has 0 aliphatic carbocycles. The topological polar surface area (TPSA) is 85.2 Å². The number of aliphatic hydroxyl groups is 1. The third kappa shape index (κ3) is 3.79. The zero-order chi connectivity index (χ0) is 13.8. The molecule has 2 atom stereocenters. The van der Waals surface area contributed by atoms with Gasteiger partial charge in [-0.05, 0) is 26.0 Å². The van der Waals surface area contributed by atoms with E-state index in [2.05, 4.69) is 29.2 Å². The van der Waals surface area contributed by atoms with Crippen LogP contribution in [-0.2, 0) is 5.75 Å². The lowest BCUT2D eigenvalue weighted by atomic mass is 10.2. The van der Waals surface area contributed by atoms with E-state index in [0.717, 1.165) is 4.90 Å². The minimum atomic E-state index is -0.710. The molecule has 5 nitrogen and oxygen atoms in total. The van der Waals surface area contributed by atoms with Gasteiger partial charge >= 0.3 is 0 Å². The summed E-state index contributed by atoms with van der Waals surface area (Å²) in [4.78, 5) is 5.34. The summed E-state index contributed by atoms with van der Waals surface area (Å²) in [7, 11) is 0. The van der Waals surface area contributed by atoms with Gasteiger partial charge in [-0.15, -0.1) is 11.8 Å². The van der Waals surface area contributed by atoms with Crippen molar-refractivity contribution in [3.8, 4) is 0 Å². The molecule has 2 aromatic rings. The van der Waals surface area contributed by atoms with Crippen molar-refractivity contribution in [1.82, 2.24) is 10.1 Å². The van der Waals surface area contributed by atoms with E-state index in [1.807, 2.05) is 12.1 Å². The van der Waals surface area contributed by atoms with Crippen molar-refractivity contribution >= 4 is 11.8 Å². The molecule has 1 aromatic heterocycles. The van der Waals surface area contributed by atoms with Crippen molar-refractivity contribution in [3.05, 3.63) is 41.5 Å². The molecule has 0 fully saturated rings. The van der Waals surface area contributed by atoms with Gasteiger partial charge in [-0.25, -0.2) is 0 Å². The van der Waals surface area contributed by atoms with Crippen LogP contribution in [0.2, 0.25) is 0 Å². The van der Waals surface area contributed by atoms with Gasteiger partial charge in [0.15, 0.2) is 5.82 Å². The van der Waals surface area contributed by atoms with Gasteiger partial charge in [-0.2, -0.15) is 4.98 Å². The quantitative estimate of drug-likeness (QED) is 0.815. The van der Waals surface area contributed by atoms with E-state index in [1.54, 1.807) is 18.7 Å². The number of hydrogen-bond acceptors (Lipinski definition) is 6. The van der Waals surface area contributed by atoms with Gasteiger partial charge in [-0.3, -0.25) is 0 Å². The highest BCUT2D eigenvalue weighted by atomic mass is 32.2. The van der Waals surface area contributed by atoms with Crippen LogP contribution in [0, 0.1) is 6.92 Å². The number of aliphatic hydroxyl groups excluding tert-OH is 1. The summed E-state index contributed by atoms with van der Waals surface area (Å²) < 4.78 is 5.04. The summed E-state index contributed by atoms with van der Waals surface area (Å²) in [6.45, 7) is 3.65. The maximum absolute atomic E-state index is 9.36. The minimum Gasteiger partial charge on any atom is -0.391 e. The van der Waals surface area contributed by atoms with Crippen molar-refractivity contribution in [3.63, 3.8) is 0 Å². The van der Waals surface area contributed by atoms with Gasteiger partial charge < -0.3 is 15.4 Å². The average molecular weight is 279 g/mol. The third-order valence-corrected chi connectivity index (χ3v) is 3.64. The van der Waals surface area contributed by atoms with Crippen LogP contribution < -0.4 is 5.73 Å². The molecule has 0 aliphatic heterocycles. The lowest BCUT2D eigenvalue weighted by Crippen LogP contribution is -2.23. The molecule has 1 aromatic carbocycles. The maximum Gasteiger partial charge on any atom is 0.246 e. The van der Waals surface area contributed by atoms with Crippen LogP contribution in [-0.4, -0.2) is 21.4 Å². The summed E-state index contributed by atoms with van der Waals surface area (Å²) in [5.41, 5.74) is 6.94. The molecule has 0 bridgehead atoms. The molecule has 6 heteroatoms. The molecule has 0 spiro atoms. The Kier molecular flexibility index (Phi) is 4.57. The highest BCUT2D eigenvalue weighted by molar-refractivity contribution is 7.98. The molecule has 0 saturated heterocycles. The Hall–Kier alpha value is -1.37. The van der Waals surface area contributed by atoms with Crippen LogP contribution in [0.15, 0.2) is 33.7 Å². The van der Waals surface area contributed by atoms with E-state index in [0.29, 0.717) is 11.6 Å². The molecular formula is C13H17N3O2S. The Bertz CT molecular complexity index is 542. The Morgan fingerprint density at radius 1 is 1.47 bits per heavy atom. The van der Waals surface area contributed by atoms with Crippen molar-refractivity contribution in [1.29, 1.82) is 0 Å². The standard InChI is InChI=1S/C13H17N3O2S/c1-8-4-3-5-10(6-8)19-7-11-15-13(18-16-11)12(14)9(2)17/h3-6,9,12,17H,7,14H2,1-2H3. The molecular weight excluding hydrogens is 262 g/mol. The number of nitrogens with two attached hydrogens (primary N) is 1. The molecule has 2 rings (SSSR count). The van der Waals surface area contributed by atoms with Gasteiger partial charge in [0.1, 0.15) is 6.04 Å². The zero-order valence-corrected chi connectivity index (χ0v) is 11.7. The number of nitrogens with zero attached hydrogens (tertiary/aromatic N) is 2. The van der Waals surface area contributed by atoms with E-state index in [-0.39, 0.29) is 5.89 Å². The number of benzene rings is 1. The predicted octanol–water partition coefficient (Wildman–Crippen LogP) is 2.05. The summed E-state index contributed by atoms with van der Waals surface area (Å²) in [6.07, 6.45) is -0.710. The number of aryl methyl sites for hydroxylation is 1. The number of thioether (sulfide) groups is 1. The van der Waals surface area contributed by atoms with E-state index in [1.165, 1.54) is 5.56 Å². The normalized spacial score (nSPS) is 14.3. The molecule has 1 heterocycles. The third-order valence-electron chi connectivity index (χ3n) is 2.65. The van der Waals surface area contributed by atoms with Crippen LogP contribution in [0.3, 0.4) is 0 Å². The largest absolute Gasteiger partial charge is 0.391 e. The molecule has 19 heavy (non-hydrogen) atoms. The minimum absolute atomic E-state index is 0.273. The molecule has 0 aliphatic rings. The van der Waals surface area contributed by atoms with Gasteiger partial charge in [0.2, 0.25) is 5.89 Å². The summed E-state index contributed by atoms with van der Waals surface area (Å²) in [5.74, 6) is 1.46. The highest BCUT2D eigenvalue weighted by Crippen LogP contribution is 2.23. The van der Waals surface area contributed by atoms with Gasteiger partial charge in [0.25, 0.3) is 0 Å². The predicted molar refractivity (Wildman–Crippen MR) is 73.6 cm³/mol. The van der Waals surface area contributed by atoms with Gasteiger partial charge in [0, 0.05) is 4.90 Å². The average Bonchev–Trinajstić information content (AvgIpc) is 2.84. The first-order valence-electron chi connectivity index (χ1n) is 6.02. The summed E-state index contributed by atoms with van der Waals surface area (Å²) in [5, 5.41) is 13.2. The van der Waals surface area contributed by atoms with Crippen LogP contribution in [0.1, 0.15) is 30.2 Å². The second-order valence-corrected chi connectivity index (χ2v) is 5.47. The number of rotatable bonds is 5. The summed E-state index contributed by atoms with van der Waals surface area (Å²) in [6, 6.07) is 7.58. The second kappa shape index (κ2) is 6.18. The van der Waals surface area contributed by atoms with Crippen LogP contribution in [0.4, 0.5) is 0 Å². The first-order chi connectivity index (χ1) is 9.06. The smallest absolute Gasteiger partial charge is 0.246 e. The molecule has 2 unspecified atom stereocenters. The fraction of sp³-hybridized carbons (Fsp3) is 0.385. The molecule has 0 radical (unpaired) electrons. The van der Waals surface area contributed by atoms with Crippen molar-refractivity contribution < 1.29 is 9.63 Å². The monoisotopic (exact) mass is 279 g/mol. The van der Waals surface area contributed by atoms with Crippen LogP contribution >= 0.6 is 11.8 Å². The molecule has 3 N–H and O–H groups in total. The highest BCUT2D eigenvalue weighted by Gasteiger charge is 2.19. The SMILES string of the molecule is Cc1cccc(SCc2noc(C(N)C(C)O)n2)c1. The number of aromatic nitrogens is 2. The van der Waals surface area contributed by atoms with E-state index in [9.17, 15) is 5.11 Å². The fourth-order valence-corrected chi connectivity index (χ4v) is 2.38. The molecule has 102 valence electrons. The van der Waals surface area contributed by atoms with Crippen molar-refractivity contribution in [2.75, 3.05) is 0 Å². The zero-order valence-electron chi connectivity index (χ0n) is 10.9. The van der Waals surface area contributed by atoms with Gasteiger partial charge in [0.05, 0.1) is 11.9 Å². The first kappa shape index (κ1) is 14.0. The molecule has 0 saturated carbocycles. The fourth-order valence-electron chi connectivity index (χ4n) is 1.52. The first-order valence-corrected chi connectivity index (χ1v) is 7.00. The summed E-state index contributed by atoms with van der Waals surface area (Å²) >= 11 is 1.63. The Labute approximate surface area is 116 Å². The van der Waals surface area contributed by atoms with Crippen molar-refractivity contribution in [2.24, 2.45) is 5.73 Å². The Morgan fingerprint density at radius 2 is 2.26 bits per heavy atom. The Balaban J connectivity index is 1.97. The Morgan fingerprint density at radius 3 is 2.95 bits per heavy atom. The van der Waals surface area contributed by atoms with Crippen LogP contribution in [0.5, 0.6) is 0 Å². The maximum atomic E-state index is 9.36. The molecule has 0 amide bonds. The lowest BCUT2D eigenvalue weighted by Gasteiger charge is -2.08.